The highest BCUT2D eigenvalue weighted by molar-refractivity contribution is 7.73. The van der Waals surface area contributed by atoms with E-state index >= 15 is 0 Å². The lowest BCUT2D eigenvalue weighted by atomic mass is 10.3. The summed E-state index contributed by atoms with van der Waals surface area (Å²) in [5.74, 6) is 0. The SMILES string of the molecule is Cc1cncc(P(=O)(C2CC2)C2CC2)c1. The average Bonchev–Trinajstić information content (AvgIpc) is 3.04. The zero-order valence-corrected chi connectivity index (χ0v) is 9.91. The molecule has 1 heterocycles. The molecule has 15 heavy (non-hydrogen) atoms. The molecule has 0 radical (unpaired) electrons. The molecule has 0 aromatic carbocycles. The first kappa shape index (κ1) is 9.59. The first-order valence-corrected chi connectivity index (χ1v) is 7.57. The van der Waals surface area contributed by atoms with Crippen molar-refractivity contribution in [3.8, 4) is 0 Å². The largest absolute Gasteiger partial charge is 0.318 e. The Morgan fingerprint density at radius 1 is 1.20 bits per heavy atom. The summed E-state index contributed by atoms with van der Waals surface area (Å²) in [6.45, 7) is 2.03. The highest BCUT2D eigenvalue weighted by Crippen LogP contribution is 2.69. The first-order chi connectivity index (χ1) is 7.21. The fraction of sp³-hybridized carbons (Fsp3) is 0.583. The van der Waals surface area contributed by atoms with Crippen LogP contribution in [-0.4, -0.2) is 16.3 Å². The van der Waals surface area contributed by atoms with Gasteiger partial charge in [-0.2, -0.15) is 0 Å². The molecule has 2 aliphatic carbocycles. The van der Waals surface area contributed by atoms with E-state index in [1.54, 1.807) is 0 Å². The van der Waals surface area contributed by atoms with Gasteiger partial charge in [-0.05, 0) is 44.2 Å². The molecular formula is C12H16NOP. The van der Waals surface area contributed by atoms with Gasteiger partial charge in [0.15, 0.2) is 0 Å². The van der Waals surface area contributed by atoms with Gasteiger partial charge in [0.05, 0.1) is 0 Å². The van der Waals surface area contributed by atoms with Crippen molar-refractivity contribution >= 4 is 12.4 Å². The van der Waals surface area contributed by atoms with E-state index in [4.69, 9.17) is 0 Å². The summed E-state index contributed by atoms with van der Waals surface area (Å²) in [6, 6.07) is 2.09. The Labute approximate surface area is 90.5 Å². The van der Waals surface area contributed by atoms with E-state index in [1.165, 1.54) is 25.7 Å². The van der Waals surface area contributed by atoms with Crippen LogP contribution in [0.3, 0.4) is 0 Å². The van der Waals surface area contributed by atoms with Crippen molar-refractivity contribution in [1.29, 1.82) is 0 Å². The quantitative estimate of drug-likeness (QED) is 0.734. The van der Waals surface area contributed by atoms with Crippen molar-refractivity contribution in [2.45, 2.75) is 43.9 Å². The number of hydrogen-bond acceptors (Lipinski definition) is 2. The van der Waals surface area contributed by atoms with Crippen LogP contribution in [0.5, 0.6) is 0 Å². The highest BCUT2D eigenvalue weighted by Gasteiger charge is 2.51. The molecule has 2 nitrogen and oxygen atoms in total. The summed E-state index contributed by atoms with van der Waals surface area (Å²) in [5, 5.41) is 1.05. The Balaban J connectivity index is 2.05. The van der Waals surface area contributed by atoms with Crippen molar-refractivity contribution in [2.24, 2.45) is 0 Å². The van der Waals surface area contributed by atoms with Crippen molar-refractivity contribution in [2.75, 3.05) is 0 Å². The van der Waals surface area contributed by atoms with E-state index in [2.05, 4.69) is 11.1 Å². The molecule has 0 atom stereocenters. The van der Waals surface area contributed by atoms with Crippen molar-refractivity contribution in [3.63, 3.8) is 0 Å². The minimum atomic E-state index is -2.08. The summed E-state index contributed by atoms with van der Waals surface area (Å²) >= 11 is 0. The number of aromatic nitrogens is 1. The number of nitrogens with zero attached hydrogens (tertiary/aromatic N) is 1. The molecule has 2 aliphatic rings. The number of rotatable bonds is 3. The smallest absolute Gasteiger partial charge is 0.123 e. The first-order valence-electron chi connectivity index (χ1n) is 5.73. The van der Waals surface area contributed by atoms with Crippen LogP contribution in [0.25, 0.3) is 0 Å². The second kappa shape index (κ2) is 3.18. The van der Waals surface area contributed by atoms with E-state index < -0.39 is 7.14 Å². The predicted octanol–water partition coefficient (Wildman–Crippen LogP) is 2.70. The third-order valence-corrected chi connectivity index (χ3v) is 7.70. The molecule has 1 aromatic heterocycles. The van der Waals surface area contributed by atoms with Crippen LogP contribution in [0, 0.1) is 6.92 Å². The molecule has 0 saturated heterocycles. The Kier molecular flexibility index (Phi) is 2.04. The summed E-state index contributed by atoms with van der Waals surface area (Å²) in [4.78, 5) is 4.20. The van der Waals surface area contributed by atoms with Gasteiger partial charge in [-0.1, -0.05) is 0 Å². The van der Waals surface area contributed by atoms with Gasteiger partial charge in [0.2, 0.25) is 0 Å². The molecule has 0 N–H and O–H groups in total. The third-order valence-electron chi connectivity index (χ3n) is 3.44. The Morgan fingerprint density at radius 3 is 2.27 bits per heavy atom. The van der Waals surface area contributed by atoms with Crippen LogP contribution in [-0.2, 0) is 4.57 Å². The van der Waals surface area contributed by atoms with Crippen LogP contribution in [0.15, 0.2) is 18.5 Å². The van der Waals surface area contributed by atoms with Crippen LogP contribution in [0.4, 0.5) is 0 Å². The van der Waals surface area contributed by atoms with Crippen molar-refractivity contribution in [3.05, 3.63) is 24.0 Å². The summed E-state index contributed by atoms with van der Waals surface area (Å²) in [6.07, 6.45) is 8.35. The molecule has 2 saturated carbocycles. The second-order valence-corrected chi connectivity index (χ2v) is 8.29. The highest BCUT2D eigenvalue weighted by atomic mass is 31.2. The third kappa shape index (κ3) is 1.56. The molecule has 0 amide bonds. The van der Waals surface area contributed by atoms with Crippen molar-refractivity contribution in [1.82, 2.24) is 4.98 Å². The zero-order chi connectivity index (χ0) is 10.5. The number of aryl methyl sites for hydroxylation is 1. The summed E-state index contributed by atoms with van der Waals surface area (Å²) < 4.78 is 13.1. The van der Waals surface area contributed by atoms with Crippen LogP contribution < -0.4 is 5.30 Å². The van der Waals surface area contributed by atoms with E-state index in [1.807, 2.05) is 19.3 Å². The molecule has 3 rings (SSSR count). The molecular weight excluding hydrogens is 205 g/mol. The molecule has 0 unspecified atom stereocenters. The van der Waals surface area contributed by atoms with E-state index in [-0.39, 0.29) is 0 Å². The van der Waals surface area contributed by atoms with E-state index in [0.717, 1.165) is 10.9 Å². The van der Waals surface area contributed by atoms with E-state index in [9.17, 15) is 4.57 Å². The molecule has 0 spiro atoms. The normalized spacial score (nSPS) is 21.7. The maximum atomic E-state index is 13.1. The standard InChI is InChI=1S/C12H16NOP/c1-9-6-12(8-13-7-9)15(14,10-2-3-10)11-4-5-11/h6-8,10-11H,2-5H2,1H3. The van der Waals surface area contributed by atoms with Gasteiger partial charge in [-0.25, -0.2) is 0 Å². The van der Waals surface area contributed by atoms with Gasteiger partial charge in [0.1, 0.15) is 7.14 Å². The zero-order valence-electron chi connectivity index (χ0n) is 9.02. The number of pyridine rings is 1. The Morgan fingerprint density at radius 2 is 1.80 bits per heavy atom. The lowest BCUT2D eigenvalue weighted by molar-refractivity contribution is 0.579. The Hall–Kier alpha value is -0.620. The maximum absolute atomic E-state index is 13.1. The lowest BCUT2D eigenvalue weighted by Crippen LogP contribution is -2.13. The molecule has 0 bridgehead atoms. The second-order valence-electron chi connectivity index (χ2n) is 4.89. The molecule has 80 valence electrons. The van der Waals surface area contributed by atoms with Crippen LogP contribution >= 0.6 is 7.14 Å². The summed E-state index contributed by atoms with van der Waals surface area (Å²) in [5.41, 5.74) is 2.12. The number of hydrogen-bond donors (Lipinski definition) is 0. The summed E-state index contributed by atoms with van der Waals surface area (Å²) in [7, 11) is -2.08. The van der Waals surface area contributed by atoms with Crippen LogP contribution in [0.1, 0.15) is 31.2 Å². The maximum Gasteiger partial charge on any atom is 0.123 e. The molecule has 1 aromatic rings. The lowest BCUT2D eigenvalue weighted by Gasteiger charge is -2.17. The minimum absolute atomic E-state index is 0.494. The monoisotopic (exact) mass is 221 g/mol. The fourth-order valence-electron chi connectivity index (χ4n) is 2.37. The van der Waals surface area contributed by atoms with Gasteiger partial charge >= 0.3 is 0 Å². The molecule has 2 fully saturated rings. The van der Waals surface area contributed by atoms with Crippen molar-refractivity contribution < 1.29 is 4.57 Å². The fourth-order valence-corrected chi connectivity index (χ4v) is 6.29. The Bertz CT molecular complexity index is 419. The van der Waals surface area contributed by atoms with Gasteiger partial charge in [0, 0.05) is 29.0 Å². The minimum Gasteiger partial charge on any atom is -0.318 e. The van der Waals surface area contributed by atoms with Gasteiger partial charge in [-0.15, -0.1) is 0 Å². The van der Waals surface area contributed by atoms with Gasteiger partial charge in [0.25, 0.3) is 0 Å². The topological polar surface area (TPSA) is 30.0 Å². The van der Waals surface area contributed by atoms with E-state index in [0.29, 0.717) is 11.3 Å². The molecule has 3 heteroatoms. The van der Waals surface area contributed by atoms with Crippen LogP contribution in [0.2, 0.25) is 0 Å². The molecule has 0 aliphatic heterocycles. The average molecular weight is 221 g/mol. The van der Waals surface area contributed by atoms with Gasteiger partial charge < -0.3 is 4.57 Å². The predicted molar refractivity (Wildman–Crippen MR) is 62.3 cm³/mol. The van der Waals surface area contributed by atoms with Gasteiger partial charge in [-0.3, -0.25) is 4.98 Å².